The largest absolute Gasteiger partial charge is 0.389 e. The van der Waals surface area contributed by atoms with Gasteiger partial charge in [-0.1, -0.05) is 18.2 Å². The third-order valence-corrected chi connectivity index (χ3v) is 3.82. The first kappa shape index (κ1) is 13.4. The zero-order chi connectivity index (χ0) is 13.0. The molecule has 3 nitrogen and oxygen atoms in total. The number of benzene rings is 1. The summed E-state index contributed by atoms with van der Waals surface area (Å²) in [7, 11) is 0. The maximum atomic E-state index is 9.83. The summed E-state index contributed by atoms with van der Waals surface area (Å²) in [4.78, 5) is 2.45. The van der Waals surface area contributed by atoms with Crippen LogP contribution in [0.4, 0.5) is 5.69 Å². The van der Waals surface area contributed by atoms with E-state index in [4.69, 9.17) is 5.73 Å². The van der Waals surface area contributed by atoms with Gasteiger partial charge in [0.25, 0.3) is 0 Å². The van der Waals surface area contributed by atoms with E-state index in [1.807, 2.05) is 6.92 Å². The minimum Gasteiger partial charge on any atom is -0.389 e. The lowest BCUT2D eigenvalue weighted by Gasteiger charge is -2.23. The summed E-state index contributed by atoms with van der Waals surface area (Å²) in [5.41, 5.74) is 7.68. The molecule has 1 aromatic rings. The lowest BCUT2D eigenvalue weighted by Crippen LogP contribution is -2.34. The summed E-state index contributed by atoms with van der Waals surface area (Å²) < 4.78 is 0. The Kier molecular flexibility index (Phi) is 4.25. The lowest BCUT2D eigenvalue weighted by atomic mass is 9.99. The number of nitrogens with two attached hydrogens (primary N) is 1. The smallest absolute Gasteiger partial charge is 0.0741 e. The summed E-state index contributed by atoms with van der Waals surface area (Å²) in [5.74, 6) is 0. The van der Waals surface area contributed by atoms with Gasteiger partial charge in [-0.2, -0.15) is 0 Å². The molecule has 1 unspecified atom stereocenters. The average molecular weight is 248 g/mol. The first-order chi connectivity index (χ1) is 8.62. The number of nitrogens with zero attached hydrogens (tertiary/aromatic N) is 1. The van der Waals surface area contributed by atoms with Crippen LogP contribution in [-0.2, 0) is 6.42 Å². The van der Waals surface area contributed by atoms with Crippen molar-refractivity contribution in [3.8, 4) is 0 Å². The van der Waals surface area contributed by atoms with Gasteiger partial charge in [0.2, 0.25) is 0 Å². The molecule has 0 bridgehead atoms. The van der Waals surface area contributed by atoms with Crippen molar-refractivity contribution in [1.82, 2.24) is 0 Å². The average Bonchev–Trinajstić information content (AvgIpc) is 2.78. The summed E-state index contributed by atoms with van der Waals surface area (Å²) in [6.07, 6.45) is 4.10. The number of rotatable bonds is 6. The van der Waals surface area contributed by atoms with Crippen LogP contribution in [0, 0.1) is 0 Å². The van der Waals surface area contributed by atoms with Gasteiger partial charge in [-0.15, -0.1) is 0 Å². The van der Waals surface area contributed by atoms with Gasteiger partial charge in [0.1, 0.15) is 0 Å². The van der Waals surface area contributed by atoms with E-state index in [0.29, 0.717) is 6.54 Å². The highest BCUT2D eigenvalue weighted by Gasteiger charge is 2.19. The molecule has 2 rings (SSSR count). The third kappa shape index (κ3) is 3.24. The highest BCUT2D eigenvalue weighted by molar-refractivity contribution is 5.57. The second-order valence-corrected chi connectivity index (χ2v) is 5.52. The highest BCUT2D eigenvalue weighted by atomic mass is 16.3. The molecule has 0 amide bonds. The maximum absolute atomic E-state index is 9.83. The SMILES string of the molecule is CC(O)(CN)CCCCN1CCc2ccccc21. The van der Waals surface area contributed by atoms with Crippen molar-refractivity contribution < 1.29 is 5.11 Å². The van der Waals surface area contributed by atoms with Crippen molar-refractivity contribution in [2.75, 3.05) is 24.5 Å². The summed E-state index contributed by atoms with van der Waals surface area (Å²) in [6.45, 7) is 4.38. The monoisotopic (exact) mass is 248 g/mol. The summed E-state index contributed by atoms with van der Waals surface area (Å²) in [5, 5.41) is 9.83. The fourth-order valence-electron chi connectivity index (χ4n) is 2.55. The number of unbranched alkanes of at least 4 members (excludes halogenated alkanes) is 1. The van der Waals surface area contributed by atoms with Crippen molar-refractivity contribution in [2.45, 2.75) is 38.2 Å². The van der Waals surface area contributed by atoms with E-state index in [0.717, 1.165) is 38.8 Å². The third-order valence-electron chi connectivity index (χ3n) is 3.82. The number of para-hydroxylation sites is 1. The van der Waals surface area contributed by atoms with Crippen molar-refractivity contribution >= 4 is 5.69 Å². The molecule has 1 aliphatic rings. The van der Waals surface area contributed by atoms with Crippen LogP contribution >= 0.6 is 0 Å². The first-order valence-corrected chi connectivity index (χ1v) is 6.88. The fourth-order valence-corrected chi connectivity index (χ4v) is 2.55. The molecule has 0 saturated carbocycles. The lowest BCUT2D eigenvalue weighted by molar-refractivity contribution is 0.0574. The Bertz CT molecular complexity index is 390. The molecule has 1 aromatic carbocycles. The molecule has 0 fully saturated rings. The second-order valence-electron chi connectivity index (χ2n) is 5.52. The van der Waals surface area contributed by atoms with Crippen LogP contribution in [0.3, 0.4) is 0 Å². The molecule has 3 N–H and O–H groups in total. The number of anilines is 1. The Morgan fingerprint density at radius 2 is 2.11 bits per heavy atom. The topological polar surface area (TPSA) is 49.5 Å². The highest BCUT2D eigenvalue weighted by Crippen LogP contribution is 2.27. The van der Waals surface area contributed by atoms with Crippen LogP contribution in [0.5, 0.6) is 0 Å². The Balaban J connectivity index is 1.76. The van der Waals surface area contributed by atoms with Crippen molar-refractivity contribution in [1.29, 1.82) is 0 Å². The van der Waals surface area contributed by atoms with Crippen LogP contribution in [0.25, 0.3) is 0 Å². The maximum Gasteiger partial charge on any atom is 0.0741 e. The van der Waals surface area contributed by atoms with Crippen LogP contribution in [0.15, 0.2) is 24.3 Å². The molecule has 0 aromatic heterocycles. The van der Waals surface area contributed by atoms with E-state index in [-0.39, 0.29) is 0 Å². The minimum atomic E-state index is -0.692. The molecular weight excluding hydrogens is 224 g/mol. The van der Waals surface area contributed by atoms with Crippen molar-refractivity contribution in [2.24, 2.45) is 5.73 Å². The number of fused-ring (bicyclic) bond motifs is 1. The molecule has 1 atom stereocenters. The van der Waals surface area contributed by atoms with Gasteiger partial charge in [-0.05, 0) is 44.2 Å². The standard InChI is InChI=1S/C15H24N2O/c1-15(18,12-16)9-4-5-10-17-11-8-13-6-2-3-7-14(13)17/h2-3,6-7,18H,4-5,8-12,16H2,1H3. The molecule has 1 aliphatic heterocycles. The van der Waals surface area contributed by atoms with E-state index in [2.05, 4.69) is 29.2 Å². The molecule has 0 saturated heterocycles. The molecule has 0 radical (unpaired) electrons. The van der Waals surface area contributed by atoms with Gasteiger partial charge in [-0.25, -0.2) is 0 Å². The van der Waals surface area contributed by atoms with Gasteiger partial charge in [0.05, 0.1) is 5.60 Å². The Morgan fingerprint density at radius 1 is 1.33 bits per heavy atom. The van der Waals surface area contributed by atoms with Crippen LogP contribution in [0.2, 0.25) is 0 Å². The molecule has 0 spiro atoms. The second kappa shape index (κ2) is 5.72. The van der Waals surface area contributed by atoms with E-state index in [1.54, 1.807) is 0 Å². The summed E-state index contributed by atoms with van der Waals surface area (Å²) in [6, 6.07) is 8.64. The molecule has 100 valence electrons. The normalized spacial score (nSPS) is 17.6. The van der Waals surface area contributed by atoms with Crippen molar-refractivity contribution in [3.63, 3.8) is 0 Å². The van der Waals surface area contributed by atoms with E-state index in [1.165, 1.54) is 11.3 Å². The summed E-state index contributed by atoms with van der Waals surface area (Å²) >= 11 is 0. The molecule has 18 heavy (non-hydrogen) atoms. The Morgan fingerprint density at radius 3 is 2.89 bits per heavy atom. The number of hydrogen-bond donors (Lipinski definition) is 2. The zero-order valence-electron chi connectivity index (χ0n) is 11.2. The fraction of sp³-hybridized carbons (Fsp3) is 0.600. The van der Waals surface area contributed by atoms with Gasteiger partial charge < -0.3 is 15.7 Å². The number of hydrogen-bond acceptors (Lipinski definition) is 3. The first-order valence-electron chi connectivity index (χ1n) is 6.88. The molecule has 0 aliphatic carbocycles. The van der Waals surface area contributed by atoms with Gasteiger partial charge >= 0.3 is 0 Å². The predicted molar refractivity (Wildman–Crippen MR) is 75.9 cm³/mol. The van der Waals surface area contributed by atoms with Crippen LogP contribution in [-0.4, -0.2) is 30.3 Å². The van der Waals surface area contributed by atoms with Crippen molar-refractivity contribution in [3.05, 3.63) is 29.8 Å². The van der Waals surface area contributed by atoms with Gasteiger partial charge in [0, 0.05) is 25.3 Å². The minimum absolute atomic E-state index is 0.347. The predicted octanol–water partition coefficient (Wildman–Crippen LogP) is 1.93. The molecule has 1 heterocycles. The van der Waals surface area contributed by atoms with Crippen LogP contribution in [0.1, 0.15) is 31.7 Å². The van der Waals surface area contributed by atoms with Gasteiger partial charge in [0.15, 0.2) is 0 Å². The Labute approximate surface area is 110 Å². The Hall–Kier alpha value is -1.06. The number of aliphatic hydroxyl groups is 1. The molecular formula is C15H24N2O. The van der Waals surface area contributed by atoms with E-state index in [9.17, 15) is 5.11 Å². The molecule has 3 heteroatoms. The zero-order valence-corrected chi connectivity index (χ0v) is 11.2. The van der Waals surface area contributed by atoms with Crippen LogP contribution < -0.4 is 10.6 Å². The van der Waals surface area contributed by atoms with Gasteiger partial charge in [-0.3, -0.25) is 0 Å². The quantitative estimate of drug-likeness (QED) is 0.756. The van der Waals surface area contributed by atoms with E-state index < -0.39 is 5.60 Å². The van der Waals surface area contributed by atoms with E-state index >= 15 is 0 Å².